The fourth-order valence-corrected chi connectivity index (χ4v) is 2.56. The third-order valence-electron chi connectivity index (χ3n) is 4.14. The molecule has 0 aliphatic heterocycles. The van der Waals surface area contributed by atoms with Crippen molar-refractivity contribution < 1.29 is 24.2 Å². The van der Waals surface area contributed by atoms with E-state index in [9.17, 15) is 19.5 Å². The number of aliphatic carboxylic acids is 1. The van der Waals surface area contributed by atoms with E-state index in [-0.39, 0.29) is 31.4 Å². The molecule has 0 saturated carbocycles. The number of anilines is 1. The van der Waals surface area contributed by atoms with E-state index in [1.54, 1.807) is 24.3 Å². The van der Waals surface area contributed by atoms with Crippen LogP contribution in [-0.2, 0) is 14.4 Å². The van der Waals surface area contributed by atoms with Crippen LogP contribution in [0, 0.1) is 0 Å². The Balaban J connectivity index is 1.92. The minimum absolute atomic E-state index is 0.116. The SMILES string of the molecule is CC(=O)NCCN(CC(=O)Nc1ccc(Oc2ccccc2)cc1)C(C)C(=O)O. The molecule has 0 fully saturated rings. The number of carboxylic acid groups (broad SMARTS) is 1. The lowest BCUT2D eigenvalue weighted by Crippen LogP contribution is -2.46. The number of amides is 2. The quantitative estimate of drug-likeness (QED) is 0.566. The molecule has 0 heterocycles. The predicted molar refractivity (Wildman–Crippen MR) is 109 cm³/mol. The Hall–Kier alpha value is -3.39. The molecule has 2 rings (SSSR count). The molecule has 2 aromatic rings. The van der Waals surface area contributed by atoms with Crippen LogP contribution in [0.4, 0.5) is 5.69 Å². The average Bonchev–Trinajstić information content (AvgIpc) is 2.68. The van der Waals surface area contributed by atoms with Crippen molar-refractivity contribution in [2.45, 2.75) is 19.9 Å². The van der Waals surface area contributed by atoms with Gasteiger partial charge in [0.25, 0.3) is 0 Å². The molecule has 0 aliphatic carbocycles. The summed E-state index contributed by atoms with van der Waals surface area (Å²) in [5, 5.41) is 14.6. The van der Waals surface area contributed by atoms with E-state index in [4.69, 9.17) is 4.74 Å². The van der Waals surface area contributed by atoms with Crippen LogP contribution in [-0.4, -0.2) is 53.5 Å². The Kier molecular flexibility index (Phi) is 8.17. The molecule has 3 N–H and O–H groups in total. The number of nitrogens with zero attached hydrogens (tertiary/aromatic N) is 1. The number of hydrogen-bond donors (Lipinski definition) is 3. The summed E-state index contributed by atoms with van der Waals surface area (Å²) < 4.78 is 5.70. The molecule has 29 heavy (non-hydrogen) atoms. The van der Waals surface area contributed by atoms with Crippen LogP contribution in [0.25, 0.3) is 0 Å². The lowest BCUT2D eigenvalue weighted by atomic mass is 10.2. The molecule has 0 aromatic heterocycles. The van der Waals surface area contributed by atoms with E-state index in [1.807, 2.05) is 30.3 Å². The highest BCUT2D eigenvalue weighted by atomic mass is 16.5. The van der Waals surface area contributed by atoms with Gasteiger partial charge in [-0.15, -0.1) is 0 Å². The maximum Gasteiger partial charge on any atom is 0.320 e. The first kappa shape index (κ1) is 21.9. The van der Waals surface area contributed by atoms with Gasteiger partial charge in [-0.2, -0.15) is 0 Å². The first-order valence-electron chi connectivity index (χ1n) is 9.19. The second-order valence-corrected chi connectivity index (χ2v) is 6.46. The maximum atomic E-state index is 12.4. The van der Waals surface area contributed by atoms with Gasteiger partial charge in [-0.3, -0.25) is 19.3 Å². The summed E-state index contributed by atoms with van der Waals surface area (Å²) in [4.78, 5) is 36.1. The summed E-state index contributed by atoms with van der Waals surface area (Å²) in [7, 11) is 0. The smallest absolute Gasteiger partial charge is 0.320 e. The number of carboxylic acids is 1. The standard InChI is InChI=1S/C21H25N3O5/c1-15(21(27)28)24(13-12-22-16(2)25)14-20(26)23-17-8-10-19(11-9-17)29-18-6-4-3-5-7-18/h3-11,15H,12-14H2,1-2H3,(H,22,25)(H,23,26)(H,27,28). The third kappa shape index (κ3) is 7.63. The highest BCUT2D eigenvalue weighted by molar-refractivity contribution is 5.92. The second kappa shape index (κ2) is 10.8. The fourth-order valence-electron chi connectivity index (χ4n) is 2.56. The Morgan fingerprint density at radius 3 is 2.24 bits per heavy atom. The van der Waals surface area contributed by atoms with Crippen LogP contribution in [0.1, 0.15) is 13.8 Å². The van der Waals surface area contributed by atoms with Crippen molar-refractivity contribution in [2.75, 3.05) is 25.0 Å². The van der Waals surface area contributed by atoms with Crippen molar-refractivity contribution in [3.63, 3.8) is 0 Å². The average molecular weight is 399 g/mol. The zero-order valence-electron chi connectivity index (χ0n) is 16.4. The number of carbonyl (C=O) groups is 3. The van der Waals surface area contributed by atoms with Gasteiger partial charge in [-0.1, -0.05) is 18.2 Å². The minimum atomic E-state index is -1.04. The number of para-hydroxylation sites is 1. The largest absolute Gasteiger partial charge is 0.480 e. The molecule has 0 spiro atoms. The van der Waals surface area contributed by atoms with Gasteiger partial charge in [0, 0.05) is 25.7 Å². The summed E-state index contributed by atoms with van der Waals surface area (Å²) >= 11 is 0. The van der Waals surface area contributed by atoms with E-state index in [1.165, 1.54) is 18.7 Å². The van der Waals surface area contributed by atoms with Gasteiger partial charge in [-0.25, -0.2) is 0 Å². The van der Waals surface area contributed by atoms with E-state index < -0.39 is 12.0 Å². The number of benzene rings is 2. The second-order valence-electron chi connectivity index (χ2n) is 6.46. The maximum absolute atomic E-state index is 12.4. The molecule has 2 amide bonds. The van der Waals surface area contributed by atoms with Crippen molar-refractivity contribution >= 4 is 23.5 Å². The third-order valence-corrected chi connectivity index (χ3v) is 4.14. The molecule has 1 unspecified atom stereocenters. The molecule has 1 atom stereocenters. The first-order chi connectivity index (χ1) is 13.8. The monoisotopic (exact) mass is 399 g/mol. The Morgan fingerprint density at radius 1 is 1.03 bits per heavy atom. The van der Waals surface area contributed by atoms with E-state index in [0.717, 1.165) is 0 Å². The summed E-state index contributed by atoms with van der Waals surface area (Å²) in [6.45, 7) is 3.26. The van der Waals surface area contributed by atoms with Crippen LogP contribution in [0.5, 0.6) is 11.5 Å². The van der Waals surface area contributed by atoms with Crippen molar-refractivity contribution in [1.29, 1.82) is 0 Å². The molecule has 8 nitrogen and oxygen atoms in total. The number of ether oxygens (including phenoxy) is 1. The molecule has 2 aromatic carbocycles. The van der Waals surface area contributed by atoms with E-state index in [2.05, 4.69) is 10.6 Å². The Morgan fingerprint density at radius 2 is 1.66 bits per heavy atom. The van der Waals surface area contributed by atoms with Gasteiger partial charge < -0.3 is 20.5 Å². The molecular formula is C21H25N3O5. The number of nitrogens with one attached hydrogen (secondary N) is 2. The van der Waals surface area contributed by atoms with Crippen molar-refractivity contribution in [2.24, 2.45) is 0 Å². The highest BCUT2D eigenvalue weighted by Gasteiger charge is 2.22. The molecule has 0 bridgehead atoms. The van der Waals surface area contributed by atoms with Crippen LogP contribution in [0.2, 0.25) is 0 Å². The van der Waals surface area contributed by atoms with Crippen molar-refractivity contribution in [3.05, 3.63) is 54.6 Å². The van der Waals surface area contributed by atoms with Gasteiger partial charge in [0.15, 0.2) is 0 Å². The Bertz CT molecular complexity index is 824. The van der Waals surface area contributed by atoms with Gasteiger partial charge in [0.05, 0.1) is 6.54 Å². The number of rotatable bonds is 10. The normalized spacial score (nSPS) is 11.6. The zero-order valence-corrected chi connectivity index (χ0v) is 16.4. The number of hydrogen-bond acceptors (Lipinski definition) is 5. The van der Waals surface area contributed by atoms with Crippen LogP contribution in [0.15, 0.2) is 54.6 Å². The minimum Gasteiger partial charge on any atom is -0.480 e. The summed E-state index contributed by atoms with van der Waals surface area (Å²) in [6, 6.07) is 15.3. The zero-order chi connectivity index (χ0) is 21.2. The van der Waals surface area contributed by atoms with Crippen molar-refractivity contribution in [3.8, 4) is 11.5 Å². The van der Waals surface area contributed by atoms with Crippen LogP contribution >= 0.6 is 0 Å². The van der Waals surface area contributed by atoms with Gasteiger partial charge in [0.2, 0.25) is 11.8 Å². The van der Waals surface area contributed by atoms with Gasteiger partial charge in [-0.05, 0) is 43.3 Å². The van der Waals surface area contributed by atoms with Crippen LogP contribution < -0.4 is 15.4 Å². The van der Waals surface area contributed by atoms with Crippen LogP contribution in [0.3, 0.4) is 0 Å². The molecule has 8 heteroatoms. The molecular weight excluding hydrogens is 374 g/mol. The van der Waals surface area contributed by atoms with Gasteiger partial charge >= 0.3 is 5.97 Å². The van der Waals surface area contributed by atoms with E-state index >= 15 is 0 Å². The summed E-state index contributed by atoms with van der Waals surface area (Å²) in [5.41, 5.74) is 0.570. The predicted octanol–water partition coefficient (Wildman–Crippen LogP) is 2.33. The molecule has 154 valence electrons. The molecule has 0 aliphatic rings. The number of carbonyl (C=O) groups excluding carboxylic acids is 2. The summed E-state index contributed by atoms with van der Waals surface area (Å²) in [6.07, 6.45) is 0. The topological polar surface area (TPSA) is 108 Å². The first-order valence-corrected chi connectivity index (χ1v) is 9.19. The van der Waals surface area contributed by atoms with Crippen molar-refractivity contribution in [1.82, 2.24) is 10.2 Å². The Labute approximate surface area is 169 Å². The lowest BCUT2D eigenvalue weighted by Gasteiger charge is -2.25. The molecule has 0 radical (unpaired) electrons. The lowest BCUT2D eigenvalue weighted by molar-refractivity contribution is -0.142. The van der Waals surface area contributed by atoms with E-state index in [0.29, 0.717) is 17.2 Å². The van der Waals surface area contributed by atoms with Gasteiger partial charge in [0.1, 0.15) is 17.5 Å². The molecule has 0 saturated heterocycles. The fraction of sp³-hybridized carbons (Fsp3) is 0.286. The highest BCUT2D eigenvalue weighted by Crippen LogP contribution is 2.22. The summed E-state index contributed by atoms with van der Waals surface area (Å²) in [5.74, 6) is -0.261.